The predicted octanol–water partition coefficient (Wildman–Crippen LogP) is 1.66. The summed E-state index contributed by atoms with van der Waals surface area (Å²) in [6, 6.07) is 7.54. The molecule has 0 atom stereocenters. The van der Waals surface area contributed by atoms with Crippen molar-refractivity contribution in [2.75, 3.05) is 17.8 Å². The predicted molar refractivity (Wildman–Crippen MR) is 83.2 cm³/mol. The van der Waals surface area contributed by atoms with Crippen LogP contribution in [0.5, 0.6) is 0 Å². The van der Waals surface area contributed by atoms with Crippen LogP contribution in [0.15, 0.2) is 35.4 Å². The van der Waals surface area contributed by atoms with Crippen molar-refractivity contribution in [2.24, 2.45) is 5.73 Å². The highest BCUT2D eigenvalue weighted by Gasteiger charge is 2.12. The van der Waals surface area contributed by atoms with E-state index in [1.165, 1.54) is 18.0 Å². The highest BCUT2D eigenvalue weighted by Crippen LogP contribution is 2.30. The average Bonchev–Trinajstić information content (AvgIpc) is 2.37. The molecule has 1 aromatic heterocycles. The summed E-state index contributed by atoms with van der Waals surface area (Å²) in [4.78, 5) is 5.08. The van der Waals surface area contributed by atoms with Gasteiger partial charge in [-0.2, -0.15) is 0 Å². The summed E-state index contributed by atoms with van der Waals surface area (Å²) in [5.41, 5.74) is 6.92. The van der Waals surface area contributed by atoms with E-state index in [1.807, 2.05) is 24.3 Å². The van der Waals surface area contributed by atoms with Gasteiger partial charge in [0.15, 0.2) is 0 Å². The summed E-state index contributed by atoms with van der Waals surface area (Å²) in [6.07, 6.45) is 2.78. The van der Waals surface area contributed by atoms with Crippen molar-refractivity contribution in [3.63, 3.8) is 0 Å². The van der Waals surface area contributed by atoms with E-state index in [0.29, 0.717) is 11.3 Å². The number of nitrogen functional groups attached to an aromatic ring is 1. The van der Waals surface area contributed by atoms with Crippen molar-refractivity contribution in [1.29, 1.82) is 5.41 Å². The number of amidine groups is 1. The fraction of sp³-hybridized carbons (Fsp3) is 0.231. The number of benzene rings is 1. The second-order valence-electron chi connectivity index (χ2n) is 4.41. The molecule has 2 rings (SSSR count). The smallest absolute Gasteiger partial charge is 0.148 e. The highest BCUT2D eigenvalue weighted by atomic mass is 32.2. The number of para-hydroxylation sites is 1. The Kier molecular flexibility index (Phi) is 4.29. The molecule has 0 aliphatic rings. The molecule has 0 saturated carbocycles. The van der Waals surface area contributed by atoms with E-state index in [-0.39, 0.29) is 11.6 Å². The lowest BCUT2D eigenvalue weighted by Crippen LogP contribution is -2.13. The van der Waals surface area contributed by atoms with Gasteiger partial charge in [0.2, 0.25) is 0 Å². The van der Waals surface area contributed by atoms with Crippen molar-refractivity contribution >= 4 is 38.3 Å². The topological polar surface area (TPSA) is 96.9 Å². The lowest BCUT2D eigenvalue weighted by molar-refractivity contribution is 0.603. The van der Waals surface area contributed by atoms with Gasteiger partial charge in [-0.15, -0.1) is 11.8 Å². The van der Waals surface area contributed by atoms with Gasteiger partial charge >= 0.3 is 0 Å². The van der Waals surface area contributed by atoms with Crippen LogP contribution in [0.25, 0.3) is 10.9 Å². The Hall–Kier alpha value is -1.60. The molecule has 1 aromatic carbocycles. The van der Waals surface area contributed by atoms with Crippen LogP contribution in [0.1, 0.15) is 5.56 Å². The van der Waals surface area contributed by atoms with E-state index in [1.54, 1.807) is 6.20 Å². The first-order chi connectivity index (χ1) is 9.38. The lowest BCUT2D eigenvalue weighted by Gasteiger charge is -2.10. The van der Waals surface area contributed by atoms with Gasteiger partial charge in [0.25, 0.3) is 0 Å². The van der Waals surface area contributed by atoms with Gasteiger partial charge in [-0.05, 0) is 6.07 Å². The standard InChI is InChI=1S/C13H15N3O2S2/c1-20(17,18)7-6-19-12-9-4-2-3-5-11(9)16-8-10(12)13(14)15/h2-5,8H,6-7H2,1H3,(H3,14,15). The Bertz CT molecular complexity index is 757. The molecule has 20 heavy (non-hydrogen) atoms. The third-order valence-electron chi connectivity index (χ3n) is 2.72. The molecule has 0 aliphatic heterocycles. The van der Waals surface area contributed by atoms with Gasteiger partial charge in [0, 0.05) is 34.1 Å². The normalized spacial score (nSPS) is 11.7. The number of nitrogens with one attached hydrogen (secondary N) is 1. The molecule has 0 bridgehead atoms. The molecule has 0 radical (unpaired) electrons. The number of pyridine rings is 1. The first-order valence-electron chi connectivity index (χ1n) is 5.91. The van der Waals surface area contributed by atoms with Crippen LogP contribution in [0, 0.1) is 5.41 Å². The molecule has 5 nitrogen and oxygen atoms in total. The number of nitrogens with two attached hydrogens (primary N) is 1. The van der Waals surface area contributed by atoms with Crippen molar-refractivity contribution < 1.29 is 8.42 Å². The summed E-state index contributed by atoms with van der Waals surface area (Å²) in [7, 11) is -3.00. The van der Waals surface area contributed by atoms with E-state index in [2.05, 4.69) is 4.98 Å². The molecule has 0 fully saturated rings. The highest BCUT2D eigenvalue weighted by molar-refractivity contribution is 8.00. The van der Waals surface area contributed by atoms with Gasteiger partial charge in [0.05, 0.1) is 11.3 Å². The first kappa shape index (κ1) is 14.8. The summed E-state index contributed by atoms with van der Waals surface area (Å²) in [5, 5.41) is 8.50. The molecule has 0 spiro atoms. The molecule has 106 valence electrons. The van der Waals surface area contributed by atoms with Crippen LogP contribution in [-0.4, -0.2) is 37.0 Å². The third-order valence-corrected chi connectivity index (χ3v) is 5.06. The fourth-order valence-electron chi connectivity index (χ4n) is 1.76. The maximum absolute atomic E-state index is 11.2. The maximum atomic E-state index is 11.2. The number of fused-ring (bicyclic) bond motifs is 1. The van der Waals surface area contributed by atoms with Gasteiger partial charge < -0.3 is 5.73 Å². The fourth-order valence-corrected chi connectivity index (χ4v) is 4.15. The number of sulfone groups is 1. The second kappa shape index (κ2) is 5.80. The molecule has 0 amide bonds. The van der Waals surface area contributed by atoms with Crippen molar-refractivity contribution in [3.05, 3.63) is 36.0 Å². The maximum Gasteiger partial charge on any atom is 0.148 e. The summed E-state index contributed by atoms with van der Waals surface area (Å²) >= 11 is 1.39. The third kappa shape index (κ3) is 3.49. The van der Waals surface area contributed by atoms with Crippen molar-refractivity contribution in [3.8, 4) is 0 Å². The van der Waals surface area contributed by atoms with E-state index < -0.39 is 9.84 Å². The largest absolute Gasteiger partial charge is 0.384 e. The first-order valence-corrected chi connectivity index (χ1v) is 8.96. The lowest BCUT2D eigenvalue weighted by atomic mass is 10.1. The Labute approximate surface area is 122 Å². The molecule has 3 N–H and O–H groups in total. The minimum Gasteiger partial charge on any atom is -0.384 e. The molecule has 1 heterocycles. The monoisotopic (exact) mass is 309 g/mol. The van der Waals surface area contributed by atoms with Gasteiger partial charge in [0.1, 0.15) is 15.7 Å². The van der Waals surface area contributed by atoms with Crippen LogP contribution in [0.4, 0.5) is 0 Å². The number of aromatic nitrogens is 1. The van der Waals surface area contributed by atoms with Crippen LogP contribution in [-0.2, 0) is 9.84 Å². The Morgan fingerprint density at radius 3 is 2.75 bits per heavy atom. The average molecular weight is 309 g/mol. The second-order valence-corrected chi connectivity index (χ2v) is 7.78. The number of hydrogen-bond donors (Lipinski definition) is 2. The molecule has 0 aliphatic carbocycles. The van der Waals surface area contributed by atoms with Gasteiger partial charge in [-0.25, -0.2) is 8.42 Å². The zero-order chi connectivity index (χ0) is 14.8. The van der Waals surface area contributed by atoms with E-state index >= 15 is 0 Å². The minimum atomic E-state index is -3.00. The molecular formula is C13H15N3O2S2. The van der Waals surface area contributed by atoms with Crippen LogP contribution in [0.2, 0.25) is 0 Å². The quantitative estimate of drug-likeness (QED) is 0.497. The number of rotatable bonds is 5. The summed E-state index contributed by atoms with van der Waals surface area (Å²) < 4.78 is 22.4. The zero-order valence-corrected chi connectivity index (χ0v) is 12.6. The van der Waals surface area contributed by atoms with E-state index in [4.69, 9.17) is 11.1 Å². The molecule has 0 unspecified atom stereocenters. The number of nitrogens with zero attached hydrogens (tertiary/aromatic N) is 1. The van der Waals surface area contributed by atoms with E-state index in [0.717, 1.165) is 15.8 Å². The van der Waals surface area contributed by atoms with Crippen LogP contribution in [0.3, 0.4) is 0 Å². The molecule has 2 aromatic rings. The van der Waals surface area contributed by atoms with E-state index in [9.17, 15) is 8.42 Å². The van der Waals surface area contributed by atoms with Crippen molar-refractivity contribution in [2.45, 2.75) is 4.90 Å². The number of thioether (sulfide) groups is 1. The summed E-state index contributed by atoms with van der Waals surface area (Å²) in [5.74, 6) is 0.448. The van der Waals surface area contributed by atoms with Crippen LogP contribution >= 0.6 is 11.8 Å². The number of hydrogen-bond acceptors (Lipinski definition) is 5. The Morgan fingerprint density at radius 2 is 2.10 bits per heavy atom. The van der Waals surface area contributed by atoms with Crippen LogP contribution < -0.4 is 5.73 Å². The molecular weight excluding hydrogens is 294 g/mol. The van der Waals surface area contributed by atoms with Gasteiger partial charge in [-0.1, -0.05) is 18.2 Å². The summed E-state index contributed by atoms with van der Waals surface area (Å²) in [6.45, 7) is 0. The Morgan fingerprint density at radius 1 is 1.40 bits per heavy atom. The zero-order valence-electron chi connectivity index (χ0n) is 11.0. The molecule has 0 saturated heterocycles. The molecule has 7 heteroatoms. The minimum absolute atomic E-state index is 0.0647. The SMILES string of the molecule is CS(=O)(=O)CCSc1c(C(=N)N)cnc2ccccc12. The van der Waals surface area contributed by atoms with Gasteiger partial charge in [-0.3, -0.25) is 10.4 Å². The Balaban J connectivity index is 2.42. The van der Waals surface area contributed by atoms with Crippen molar-refractivity contribution in [1.82, 2.24) is 4.98 Å².